The van der Waals surface area contributed by atoms with Gasteiger partial charge < -0.3 is 0 Å². The fourth-order valence-electron chi connectivity index (χ4n) is 0.177. The van der Waals surface area contributed by atoms with Gasteiger partial charge in [-0.15, -0.1) is 11.6 Å². The van der Waals surface area contributed by atoms with E-state index in [4.69, 9.17) is 11.6 Å². The van der Waals surface area contributed by atoms with E-state index in [0.29, 0.717) is 5.21 Å². The second kappa shape index (κ2) is 4.47. The van der Waals surface area contributed by atoms with E-state index in [1.165, 1.54) is 0 Å². The first-order valence-electron chi connectivity index (χ1n) is 1.94. The van der Waals surface area contributed by atoms with Gasteiger partial charge in [0.15, 0.2) is 5.55 Å². The molecule has 0 amide bonds. The summed E-state index contributed by atoms with van der Waals surface area (Å²) in [4.78, 5) is 0. The maximum Gasteiger partial charge on any atom is 0.198 e. The van der Waals surface area contributed by atoms with Crippen molar-refractivity contribution in [1.29, 1.82) is 0 Å². The van der Waals surface area contributed by atoms with Gasteiger partial charge in [-0.05, 0) is 11.8 Å². The van der Waals surface area contributed by atoms with Gasteiger partial charge in [-0.1, -0.05) is 0 Å². The molecule has 42 valence electrons. The zero-order valence-electron chi connectivity index (χ0n) is 4.52. The average Bonchev–Trinajstić information content (AvgIpc) is 1.61. The van der Waals surface area contributed by atoms with Gasteiger partial charge in [0, 0.05) is 0 Å². The van der Waals surface area contributed by atoms with Crippen molar-refractivity contribution in [3.05, 3.63) is 0 Å². The Morgan fingerprint density at radius 1 is 1.71 bits per heavy atom. The van der Waals surface area contributed by atoms with E-state index in [1.807, 2.05) is 24.2 Å². The molecule has 0 fully saturated rings. The minimum atomic E-state index is 0.637. The van der Waals surface area contributed by atoms with Crippen molar-refractivity contribution in [2.45, 2.75) is 0 Å². The highest BCUT2D eigenvalue weighted by Gasteiger charge is 1.80. The molecule has 0 atom stereocenters. The summed E-state index contributed by atoms with van der Waals surface area (Å²) in [7, 11) is 3.94. The van der Waals surface area contributed by atoms with Crippen molar-refractivity contribution in [1.82, 2.24) is 0 Å². The Kier molecular flexibility index (Phi) is 4.67. The van der Waals surface area contributed by atoms with Gasteiger partial charge in [-0.3, -0.25) is 0 Å². The third-order valence-corrected chi connectivity index (χ3v) is 1.42. The van der Waals surface area contributed by atoms with E-state index in [-0.39, 0.29) is 0 Å². The summed E-state index contributed by atoms with van der Waals surface area (Å²) >= 11 is 6.93. The van der Waals surface area contributed by atoms with Crippen LogP contribution in [0.1, 0.15) is 0 Å². The Labute approximate surface area is 53.4 Å². The molecule has 7 heavy (non-hydrogen) atoms. The summed E-state index contributed by atoms with van der Waals surface area (Å²) in [5, 5.41) is 0.637. The number of halogens is 1. The number of hydrogen-bond donors (Lipinski definition) is 0. The molecule has 0 aromatic carbocycles. The molecule has 0 N–H and O–H groups in total. The Morgan fingerprint density at radius 2 is 2.29 bits per heavy atom. The third-order valence-electron chi connectivity index (χ3n) is 0.348. The summed E-state index contributed by atoms with van der Waals surface area (Å²) in [5.74, 6) is 0. The first-order chi connectivity index (χ1) is 3.27. The van der Waals surface area contributed by atoms with Gasteiger partial charge in [-0.2, -0.15) is 0 Å². The Hall–Kier alpha value is 0.310. The SMILES string of the molecule is C[N+](C)=CSCCl. The van der Waals surface area contributed by atoms with Gasteiger partial charge in [0.2, 0.25) is 0 Å². The lowest BCUT2D eigenvalue weighted by atomic mass is 11.1. The first kappa shape index (κ1) is 7.31. The van der Waals surface area contributed by atoms with E-state index < -0.39 is 0 Å². The van der Waals surface area contributed by atoms with E-state index >= 15 is 0 Å². The van der Waals surface area contributed by atoms with Crippen LogP contribution in [-0.4, -0.2) is 29.4 Å². The zero-order chi connectivity index (χ0) is 5.70. The van der Waals surface area contributed by atoms with Crippen LogP contribution in [0.3, 0.4) is 0 Å². The molecule has 1 nitrogen and oxygen atoms in total. The number of hydrogen-bond acceptors (Lipinski definition) is 1. The van der Waals surface area contributed by atoms with Crippen LogP contribution >= 0.6 is 23.4 Å². The highest BCUT2D eigenvalue weighted by atomic mass is 35.5. The fraction of sp³-hybridized carbons (Fsp3) is 0.750. The molecule has 0 heterocycles. The topological polar surface area (TPSA) is 3.01 Å². The molecule has 0 saturated heterocycles. The summed E-state index contributed by atoms with van der Waals surface area (Å²) in [6.45, 7) is 0. The largest absolute Gasteiger partial charge is 0.236 e. The Morgan fingerprint density at radius 3 is 2.43 bits per heavy atom. The standard InChI is InChI=1S/C4H9ClNS/c1-6(2)4-7-3-5/h4H,3H2,1-2H3/q+1. The van der Waals surface area contributed by atoms with Gasteiger partial charge in [0.05, 0.1) is 5.21 Å². The molecular weight excluding hydrogens is 130 g/mol. The molecule has 0 aliphatic carbocycles. The smallest absolute Gasteiger partial charge is 0.198 e. The van der Waals surface area contributed by atoms with Crippen LogP contribution < -0.4 is 0 Å². The number of nitrogens with zero attached hydrogens (tertiary/aromatic N) is 1. The molecule has 0 aromatic heterocycles. The normalized spacial score (nSPS) is 8.43. The second-order valence-electron chi connectivity index (χ2n) is 1.34. The maximum atomic E-state index is 5.35. The molecule has 0 radical (unpaired) electrons. The molecule has 0 aliphatic heterocycles. The van der Waals surface area contributed by atoms with Crippen LogP contribution in [0.15, 0.2) is 0 Å². The van der Waals surface area contributed by atoms with E-state index in [0.717, 1.165) is 0 Å². The van der Waals surface area contributed by atoms with Crippen molar-refractivity contribution in [3.8, 4) is 0 Å². The van der Waals surface area contributed by atoms with Gasteiger partial charge in [0.25, 0.3) is 0 Å². The molecule has 0 saturated carbocycles. The monoisotopic (exact) mass is 138 g/mol. The van der Waals surface area contributed by atoms with E-state index in [1.54, 1.807) is 11.8 Å². The average molecular weight is 139 g/mol. The molecule has 0 bridgehead atoms. The Balaban J connectivity index is 3.08. The van der Waals surface area contributed by atoms with Crippen LogP contribution in [-0.2, 0) is 0 Å². The molecule has 0 aliphatic rings. The lowest BCUT2D eigenvalue weighted by molar-refractivity contribution is -0.456. The summed E-state index contributed by atoms with van der Waals surface area (Å²) in [6, 6.07) is 0. The van der Waals surface area contributed by atoms with Crippen molar-refractivity contribution >= 4 is 28.9 Å². The van der Waals surface area contributed by atoms with Crippen molar-refractivity contribution in [2.75, 3.05) is 19.3 Å². The fourth-order valence-corrected chi connectivity index (χ4v) is 0.701. The van der Waals surface area contributed by atoms with Crippen molar-refractivity contribution < 1.29 is 4.58 Å². The molecule has 0 rings (SSSR count). The summed E-state index contributed by atoms with van der Waals surface area (Å²) in [6.07, 6.45) is 0. The number of thioether (sulfide) groups is 1. The number of alkyl halides is 1. The predicted molar refractivity (Wildman–Crippen MR) is 36.5 cm³/mol. The molecule has 3 heteroatoms. The predicted octanol–water partition coefficient (Wildman–Crippen LogP) is 1.22. The van der Waals surface area contributed by atoms with E-state index in [2.05, 4.69) is 0 Å². The maximum absolute atomic E-state index is 5.35. The van der Waals surface area contributed by atoms with Crippen LogP contribution in [0.5, 0.6) is 0 Å². The van der Waals surface area contributed by atoms with Crippen LogP contribution in [0.4, 0.5) is 0 Å². The molecule has 0 unspecified atom stereocenters. The molecule has 0 spiro atoms. The lowest BCUT2D eigenvalue weighted by Gasteiger charge is -1.79. The van der Waals surface area contributed by atoms with E-state index in [9.17, 15) is 0 Å². The third kappa shape index (κ3) is 6.31. The molecule has 0 aromatic rings. The Bertz CT molecular complexity index is 68.1. The first-order valence-corrected chi connectivity index (χ1v) is 3.53. The van der Waals surface area contributed by atoms with Gasteiger partial charge in [0.1, 0.15) is 14.1 Å². The van der Waals surface area contributed by atoms with Crippen LogP contribution in [0.25, 0.3) is 0 Å². The zero-order valence-corrected chi connectivity index (χ0v) is 6.09. The second-order valence-corrected chi connectivity index (χ2v) is 2.76. The highest BCUT2D eigenvalue weighted by Crippen LogP contribution is 1.94. The highest BCUT2D eigenvalue weighted by molar-refractivity contribution is 8.12. The summed E-state index contributed by atoms with van der Waals surface area (Å²) < 4.78 is 1.97. The van der Waals surface area contributed by atoms with Gasteiger partial charge in [-0.25, -0.2) is 4.58 Å². The lowest BCUT2D eigenvalue weighted by Crippen LogP contribution is -1.94. The van der Waals surface area contributed by atoms with Gasteiger partial charge >= 0.3 is 0 Å². The van der Waals surface area contributed by atoms with Crippen LogP contribution in [0, 0.1) is 0 Å². The molecular formula is C4H9ClNS+. The van der Waals surface area contributed by atoms with Crippen molar-refractivity contribution in [2.24, 2.45) is 0 Å². The minimum absolute atomic E-state index is 0.637. The number of rotatable bonds is 2. The quantitative estimate of drug-likeness (QED) is 0.240. The summed E-state index contributed by atoms with van der Waals surface area (Å²) in [5.41, 5.74) is 1.97. The minimum Gasteiger partial charge on any atom is -0.236 e. The van der Waals surface area contributed by atoms with Crippen molar-refractivity contribution in [3.63, 3.8) is 0 Å². The van der Waals surface area contributed by atoms with Crippen LogP contribution in [0.2, 0.25) is 0 Å².